The molecular weight excluding hydrogens is 252 g/mol. The molecule has 1 heterocycles. The quantitative estimate of drug-likeness (QED) is 0.917. The summed E-state index contributed by atoms with van der Waals surface area (Å²) in [5.41, 5.74) is 0.708. The van der Waals surface area contributed by atoms with Crippen LogP contribution in [-0.4, -0.2) is 42.6 Å². The van der Waals surface area contributed by atoms with Crippen molar-refractivity contribution in [2.45, 2.75) is 39.3 Å². The summed E-state index contributed by atoms with van der Waals surface area (Å²) in [6, 6.07) is 8.02. The first-order chi connectivity index (χ1) is 9.63. The van der Waals surface area contributed by atoms with Crippen LogP contribution in [0.15, 0.2) is 24.3 Å². The molecule has 1 aromatic carbocycles. The molecule has 0 aliphatic carbocycles. The summed E-state index contributed by atoms with van der Waals surface area (Å²) >= 11 is 0. The molecular formula is C16H24N2O2. The van der Waals surface area contributed by atoms with Gasteiger partial charge in [0.2, 0.25) is 0 Å². The molecule has 4 nitrogen and oxygen atoms in total. The maximum Gasteiger partial charge on any atom is 0.254 e. The van der Waals surface area contributed by atoms with Crippen LogP contribution >= 0.6 is 0 Å². The molecule has 2 atom stereocenters. The zero-order chi connectivity index (χ0) is 14.5. The second kappa shape index (κ2) is 6.75. The lowest BCUT2D eigenvalue weighted by Gasteiger charge is -2.38. The highest BCUT2D eigenvalue weighted by molar-refractivity contribution is 5.95. The van der Waals surface area contributed by atoms with Crippen molar-refractivity contribution in [2.24, 2.45) is 0 Å². The number of rotatable bonds is 4. The number of carbonyl (C=O) groups is 1. The van der Waals surface area contributed by atoms with Gasteiger partial charge in [-0.05, 0) is 38.5 Å². The van der Waals surface area contributed by atoms with E-state index in [2.05, 4.69) is 26.1 Å². The van der Waals surface area contributed by atoms with Gasteiger partial charge in [-0.25, -0.2) is 0 Å². The van der Waals surface area contributed by atoms with E-state index in [-0.39, 0.29) is 11.9 Å². The maximum atomic E-state index is 12.6. The first-order valence-electron chi connectivity index (χ1n) is 7.40. The van der Waals surface area contributed by atoms with Gasteiger partial charge < -0.3 is 15.0 Å². The number of hydrogen-bond acceptors (Lipinski definition) is 3. The van der Waals surface area contributed by atoms with E-state index in [0.29, 0.717) is 18.2 Å². The molecule has 1 aliphatic rings. The molecule has 4 heteroatoms. The minimum Gasteiger partial charge on any atom is -0.494 e. The fourth-order valence-electron chi connectivity index (χ4n) is 2.45. The van der Waals surface area contributed by atoms with Crippen LogP contribution < -0.4 is 10.1 Å². The van der Waals surface area contributed by atoms with Crippen LogP contribution in [0.5, 0.6) is 5.75 Å². The molecule has 20 heavy (non-hydrogen) atoms. The van der Waals surface area contributed by atoms with Crippen LogP contribution in [0, 0.1) is 0 Å². The molecule has 2 rings (SSSR count). The molecule has 0 aromatic heterocycles. The fraction of sp³-hybridized carbons (Fsp3) is 0.562. The molecule has 0 bridgehead atoms. The third kappa shape index (κ3) is 3.31. The average molecular weight is 276 g/mol. The number of nitrogens with zero attached hydrogens (tertiary/aromatic N) is 1. The van der Waals surface area contributed by atoms with E-state index in [1.807, 2.05) is 29.2 Å². The Morgan fingerprint density at radius 2 is 2.25 bits per heavy atom. The Kier molecular flexibility index (Phi) is 5.01. The van der Waals surface area contributed by atoms with Crippen LogP contribution in [0.25, 0.3) is 0 Å². The molecule has 0 spiro atoms. The monoisotopic (exact) mass is 276 g/mol. The van der Waals surface area contributed by atoms with Crippen molar-refractivity contribution in [1.82, 2.24) is 10.2 Å². The summed E-state index contributed by atoms with van der Waals surface area (Å²) in [5, 5.41) is 3.39. The van der Waals surface area contributed by atoms with Gasteiger partial charge in [-0.3, -0.25) is 4.79 Å². The predicted molar refractivity (Wildman–Crippen MR) is 80.2 cm³/mol. The van der Waals surface area contributed by atoms with E-state index in [1.165, 1.54) is 0 Å². The van der Waals surface area contributed by atoms with Gasteiger partial charge in [-0.2, -0.15) is 0 Å². The lowest BCUT2D eigenvalue weighted by atomic mass is 10.1. The fourth-order valence-corrected chi connectivity index (χ4v) is 2.45. The third-order valence-electron chi connectivity index (χ3n) is 3.85. The van der Waals surface area contributed by atoms with Gasteiger partial charge >= 0.3 is 0 Å². The topological polar surface area (TPSA) is 41.6 Å². The van der Waals surface area contributed by atoms with Crippen molar-refractivity contribution >= 4 is 5.91 Å². The van der Waals surface area contributed by atoms with Crippen LogP contribution in [-0.2, 0) is 0 Å². The van der Waals surface area contributed by atoms with Crippen LogP contribution in [0.3, 0.4) is 0 Å². The molecule has 1 amide bonds. The molecule has 0 saturated carbocycles. The molecule has 1 fully saturated rings. The summed E-state index contributed by atoms with van der Waals surface area (Å²) in [7, 11) is 0. The Morgan fingerprint density at radius 1 is 1.45 bits per heavy atom. The van der Waals surface area contributed by atoms with Gasteiger partial charge in [0.1, 0.15) is 5.75 Å². The predicted octanol–water partition coefficient (Wildman–Crippen LogP) is 2.30. The van der Waals surface area contributed by atoms with Gasteiger partial charge in [0.15, 0.2) is 0 Å². The normalized spacial score (nSPS) is 22.6. The number of ether oxygens (including phenoxy) is 1. The van der Waals surface area contributed by atoms with E-state index in [9.17, 15) is 4.79 Å². The van der Waals surface area contributed by atoms with E-state index in [4.69, 9.17) is 4.74 Å². The van der Waals surface area contributed by atoms with Crippen molar-refractivity contribution in [3.63, 3.8) is 0 Å². The summed E-state index contributed by atoms with van der Waals surface area (Å²) in [5.74, 6) is 0.862. The Labute approximate surface area is 121 Å². The van der Waals surface area contributed by atoms with Gasteiger partial charge in [0, 0.05) is 30.7 Å². The van der Waals surface area contributed by atoms with Crippen molar-refractivity contribution in [1.29, 1.82) is 0 Å². The molecule has 1 N–H and O–H groups in total. The Bertz CT molecular complexity index is 462. The number of hydrogen-bond donors (Lipinski definition) is 1. The van der Waals surface area contributed by atoms with Crippen LogP contribution in [0.1, 0.15) is 37.6 Å². The highest BCUT2D eigenvalue weighted by Gasteiger charge is 2.28. The first-order valence-corrected chi connectivity index (χ1v) is 7.40. The van der Waals surface area contributed by atoms with Crippen LogP contribution in [0.2, 0.25) is 0 Å². The molecule has 2 unspecified atom stereocenters. The minimum absolute atomic E-state index is 0.0906. The average Bonchev–Trinajstić information content (AvgIpc) is 2.47. The molecule has 0 radical (unpaired) electrons. The second-order valence-corrected chi connectivity index (χ2v) is 5.36. The minimum atomic E-state index is 0.0906. The lowest BCUT2D eigenvalue weighted by Crippen LogP contribution is -2.57. The Morgan fingerprint density at radius 3 is 3.00 bits per heavy atom. The Hall–Kier alpha value is -1.55. The van der Waals surface area contributed by atoms with Crippen molar-refractivity contribution in [3.05, 3.63) is 29.8 Å². The second-order valence-electron chi connectivity index (χ2n) is 5.36. The summed E-state index contributed by atoms with van der Waals surface area (Å²) in [4.78, 5) is 14.6. The SMILES string of the molecule is CCCOc1cccc(C(=O)N2CCNC(C)C2C)c1. The maximum absolute atomic E-state index is 12.6. The van der Waals surface area contributed by atoms with E-state index < -0.39 is 0 Å². The van der Waals surface area contributed by atoms with Gasteiger partial charge in [0.25, 0.3) is 5.91 Å². The highest BCUT2D eigenvalue weighted by atomic mass is 16.5. The van der Waals surface area contributed by atoms with E-state index >= 15 is 0 Å². The van der Waals surface area contributed by atoms with Gasteiger partial charge in [-0.1, -0.05) is 13.0 Å². The first kappa shape index (κ1) is 14.9. The number of amides is 1. The number of piperazine rings is 1. The highest BCUT2D eigenvalue weighted by Crippen LogP contribution is 2.18. The largest absolute Gasteiger partial charge is 0.494 e. The van der Waals surface area contributed by atoms with Gasteiger partial charge in [0.05, 0.1) is 6.61 Å². The van der Waals surface area contributed by atoms with E-state index in [0.717, 1.165) is 25.3 Å². The van der Waals surface area contributed by atoms with Crippen molar-refractivity contribution < 1.29 is 9.53 Å². The van der Waals surface area contributed by atoms with Crippen molar-refractivity contribution in [2.75, 3.05) is 19.7 Å². The third-order valence-corrected chi connectivity index (χ3v) is 3.85. The van der Waals surface area contributed by atoms with Gasteiger partial charge in [-0.15, -0.1) is 0 Å². The zero-order valence-electron chi connectivity index (χ0n) is 12.6. The Balaban J connectivity index is 2.12. The zero-order valence-corrected chi connectivity index (χ0v) is 12.6. The summed E-state index contributed by atoms with van der Waals surface area (Å²) in [6.07, 6.45) is 0.963. The lowest BCUT2D eigenvalue weighted by molar-refractivity contribution is 0.0602. The standard InChI is InChI=1S/C16H24N2O2/c1-4-10-20-15-7-5-6-14(11-15)16(19)18-9-8-17-12(2)13(18)3/h5-7,11-13,17H,4,8-10H2,1-3H3. The van der Waals surface area contributed by atoms with Crippen molar-refractivity contribution in [3.8, 4) is 5.75 Å². The summed E-state index contributed by atoms with van der Waals surface area (Å²) < 4.78 is 5.60. The van der Waals surface area contributed by atoms with Crippen LogP contribution in [0.4, 0.5) is 0 Å². The van der Waals surface area contributed by atoms with E-state index in [1.54, 1.807) is 0 Å². The molecule has 1 aromatic rings. The smallest absolute Gasteiger partial charge is 0.254 e. The molecule has 1 saturated heterocycles. The molecule has 110 valence electrons. The number of carbonyl (C=O) groups excluding carboxylic acids is 1. The number of nitrogens with one attached hydrogen (secondary N) is 1. The molecule has 1 aliphatic heterocycles. The summed E-state index contributed by atoms with van der Waals surface area (Å²) in [6.45, 7) is 8.56. The number of benzene rings is 1.